The predicted octanol–water partition coefficient (Wildman–Crippen LogP) is 1.82. The number of hydrogen-bond donors (Lipinski definition) is 1. The van der Waals surface area contributed by atoms with Gasteiger partial charge in [-0.2, -0.15) is 34.8 Å². The van der Waals surface area contributed by atoms with Gasteiger partial charge in [0.25, 0.3) is 10.1 Å². The molecule has 2 aromatic rings. The van der Waals surface area contributed by atoms with Crippen LogP contribution >= 0.6 is 0 Å². The van der Waals surface area contributed by atoms with E-state index in [1.54, 1.807) is 0 Å². The molecule has 0 spiro atoms. The summed E-state index contributed by atoms with van der Waals surface area (Å²) in [4.78, 5) is 0. The third-order valence-corrected chi connectivity index (χ3v) is 4.50. The molecule has 0 atom stereocenters. The Morgan fingerprint density at radius 2 is 1.08 bits per heavy atom. The Labute approximate surface area is 168 Å². The fourth-order valence-corrected chi connectivity index (χ4v) is 3.51. The summed E-state index contributed by atoms with van der Waals surface area (Å²) in [6.07, 6.45) is -10.0. The second kappa shape index (κ2) is 7.89. The van der Waals surface area contributed by atoms with Crippen LogP contribution in [-0.2, 0) is 22.5 Å². The quantitative estimate of drug-likeness (QED) is 0.479. The van der Waals surface area contributed by atoms with Crippen molar-refractivity contribution in [2.75, 3.05) is 0 Å². The van der Waals surface area contributed by atoms with Crippen molar-refractivity contribution in [3.8, 4) is 0 Å². The summed E-state index contributed by atoms with van der Waals surface area (Å²) < 4.78 is 112. The van der Waals surface area contributed by atoms with Gasteiger partial charge in [-0.15, -0.1) is 0 Å². The molecule has 1 N–H and O–H groups in total. The molecule has 0 saturated carbocycles. The van der Waals surface area contributed by atoms with Crippen molar-refractivity contribution in [1.82, 2.24) is 0 Å². The fourth-order valence-electron chi connectivity index (χ4n) is 2.46. The van der Waals surface area contributed by atoms with Gasteiger partial charge < -0.3 is 1.43 Å². The molecule has 0 bridgehead atoms. The number of benzene rings is 2. The summed E-state index contributed by atoms with van der Waals surface area (Å²) in [5, 5.41) is -2.54. The van der Waals surface area contributed by atoms with Crippen LogP contribution in [0.5, 0.6) is 0 Å². The van der Waals surface area contributed by atoms with Gasteiger partial charge in [-0.05, 0) is 23.3 Å². The van der Waals surface area contributed by atoms with Crippen molar-refractivity contribution in [1.29, 1.82) is 0 Å². The van der Waals surface area contributed by atoms with Crippen LogP contribution in [0.15, 0.2) is 48.5 Å². The molecule has 0 amide bonds. The van der Waals surface area contributed by atoms with E-state index in [0.29, 0.717) is 24.3 Å². The van der Waals surface area contributed by atoms with E-state index in [2.05, 4.69) is 0 Å². The van der Waals surface area contributed by atoms with Gasteiger partial charge in [0.1, 0.15) is 5.25 Å². The largest absolute Gasteiger partial charge is 1.00 e. The molecule has 0 unspecified atom stereocenters. The van der Waals surface area contributed by atoms with Crippen molar-refractivity contribution in [3.63, 3.8) is 0 Å². The first kappa shape index (κ1) is 23.0. The molecule has 3 nitrogen and oxygen atoms in total. The molecule has 0 aliphatic carbocycles. The van der Waals surface area contributed by atoms with E-state index in [1.165, 1.54) is 0 Å². The Bertz CT molecular complexity index is 826. The first-order valence-electron chi connectivity index (χ1n) is 6.62. The minimum atomic E-state index is -5.34. The number of halogens is 6. The van der Waals surface area contributed by atoms with Crippen molar-refractivity contribution in [2.24, 2.45) is 0 Å². The molecule has 0 saturated heterocycles. The van der Waals surface area contributed by atoms with E-state index in [-0.39, 0.29) is 31.0 Å². The van der Waals surface area contributed by atoms with Gasteiger partial charge >= 0.3 is 41.9 Å². The SMILES string of the molecule is O=S(=O)(O)C(c1ccccc1C(F)(F)F)c1ccccc1C(F)(F)F.[H-].[Na+]. The maximum absolute atomic E-state index is 13.1. The predicted molar refractivity (Wildman–Crippen MR) is 77.4 cm³/mol. The van der Waals surface area contributed by atoms with Crippen LogP contribution in [0, 0.1) is 0 Å². The molecular weight excluding hydrogens is 397 g/mol. The van der Waals surface area contributed by atoms with E-state index in [0.717, 1.165) is 24.3 Å². The minimum absolute atomic E-state index is 0. The maximum Gasteiger partial charge on any atom is 1.00 e. The Kier molecular flexibility index (Phi) is 6.97. The van der Waals surface area contributed by atoms with E-state index < -0.39 is 50.0 Å². The second-order valence-corrected chi connectivity index (χ2v) is 6.57. The number of hydrogen-bond acceptors (Lipinski definition) is 2. The molecule has 11 heteroatoms. The van der Waals surface area contributed by atoms with Crippen LogP contribution in [0.4, 0.5) is 26.3 Å². The zero-order valence-electron chi connectivity index (χ0n) is 14.1. The topological polar surface area (TPSA) is 54.4 Å². The van der Waals surface area contributed by atoms with Crippen LogP contribution in [0.3, 0.4) is 0 Å². The summed E-state index contributed by atoms with van der Waals surface area (Å²) >= 11 is 0. The summed E-state index contributed by atoms with van der Waals surface area (Å²) in [5.41, 5.74) is -4.88. The van der Waals surface area contributed by atoms with Crippen LogP contribution < -0.4 is 29.6 Å². The summed E-state index contributed by atoms with van der Waals surface area (Å²) in [6, 6.07) is 6.50. The molecule has 0 radical (unpaired) electrons. The maximum atomic E-state index is 13.1. The molecule has 0 aliphatic rings. The standard InChI is InChI=1S/C15H10F6O3S.Na.H/c16-14(17,18)11-7-3-1-5-9(11)13(25(22,23)24)10-6-2-4-8-12(10)15(19,20)21;;/h1-8,13H,(H,22,23,24);;/q;+1;-1. The molecule has 0 aromatic heterocycles. The van der Waals surface area contributed by atoms with Gasteiger partial charge in [-0.1, -0.05) is 36.4 Å². The van der Waals surface area contributed by atoms with E-state index in [4.69, 9.17) is 0 Å². The number of alkyl halides is 6. The summed E-state index contributed by atoms with van der Waals surface area (Å²) in [5.74, 6) is 0. The molecule has 26 heavy (non-hydrogen) atoms. The fraction of sp³-hybridized carbons (Fsp3) is 0.200. The van der Waals surface area contributed by atoms with Gasteiger partial charge in [-0.3, -0.25) is 4.55 Å². The van der Waals surface area contributed by atoms with Crippen molar-refractivity contribution >= 4 is 10.1 Å². The van der Waals surface area contributed by atoms with Crippen LogP contribution in [0.1, 0.15) is 28.9 Å². The van der Waals surface area contributed by atoms with Crippen LogP contribution in [-0.4, -0.2) is 13.0 Å². The van der Waals surface area contributed by atoms with E-state index >= 15 is 0 Å². The summed E-state index contributed by atoms with van der Waals surface area (Å²) in [7, 11) is -5.34. The van der Waals surface area contributed by atoms with Crippen LogP contribution in [0.25, 0.3) is 0 Å². The Morgan fingerprint density at radius 3 is 1.35 bits per heavy atom. The minimum Gasteiger partial charge on any atom is -1.00 e. The zero-order chi connectivity index (χ0) is 19.0. The van der Waals surface area contributed by atoms with Gasteiger partial charge in [0, 0.05) is 0 Å². The molecule has 0 aliphatic heterocycles. The molecular formula is C15H11F6NaO3S. The molecule has 2 rings (SSSR count). The van der Waals surface area contributed by atoms with Gasteiger partial charge in [-0.25, -0.2) is 0 Å². The number of rotatable bonds is 3. The van der Waals surface area contributed by atoms with E-state index in [9.17, 15) is 39.3 Å². The van der Waals surface area contributed by atoms with Gasteiger partial charge in [0.15, 0.2) is 0 Å². The normalized spacial score (nSPS) is 12.8. The molecule has 0 fully saturated rings. The first-order chi connectivity index (χ1) is 11.3. The first-order valence-corrected chi connectivity index (χ1v) is 8.12. The van der Waals surface area contributed by atoms with Gasteiger partial charge in [0.05, 0.1) is 11.1 Å². The molecule has 2 aromatic carbocycles. The third-order valence-electron chi connectivity index (χ3n) is 3.40. The second-order valence-electron chi connectivity index (χ2n) is 5.07. The Hall–Kier alpha value is -1.07. The smallest absolute Gasteiger partial charge is 1.00 e. The average molecular weight is 408 g/mol. The average Bonchev–Trinajstić information content (AvgIpc) is 2.45. The van der Waals surface area contributed by atoms with Crippen molar-refractivity contribution < 1.29 is 70.3 Å². The van der Waals surface area contributed by atoms with Crippen LogP contribution in [0.2, 0.25) is 0 Å². The Balaban J connectivity index is 0.00000338. The molecule has 138 valence electrons. The van der Waals surface area contributed by atoms with Gasteiger partial charge in [0.2, 0.25) is 0 Å². The monoisotopic (exact) mass is 408 g/mol. The van der Waals surface area contributed by atoms with Crippen molar-refractivity contribution in [3.05, 3.63) is 70.8 Å². The molecule has 0 heterocycles. The summed E-state index contributed by atoms with van der Waals surface area (Å²) in [6.45, 7) is 0. The van der Waals surface area contributed by atoms with E-state index in [1.807, 2.05) is 0 Å². The Morgan fingerprint density at radius 1 is 0.769 bits per heavy atom. The van der Waals surface area contributed by atoms with Crippen molar-refractivity contribution in [2.45, 2.75) is 17.6 Å². The zero-order valence-corrected chi connectivity index (χ0v) is 16.0. The third kappa shape index (κ3) is 5.01.